The molecule has 8 nitrogen and oxygen atoms in total. The lowest BCUT2D eigenvalue weighted by Gasteiger charge is -2.32. The molecule has 3 heterocycles. The second kappa shape index (κ2) is 13.2. The number of likely N-dealkylation sites (tertiary alicyclic amines) is 1. The molecular formula is C20H33IN6O2S. The summed E-state index contributed by atoms with van der Waals surface area (Å²) in [5, 5.41) is 15.2. The molecule has 1 unspecified atom stereocenters. The normalized spacial score (nSPS) is 16.8. The van der Waals surface area contributed by atoms with E-state index in [-0.39, 0.29) is 30.1 Å². The fourth-order valence-corrected chi connectivity index (χ4v) is 4.02. The summed E-state index contributed by atoms with van der Waals surface area (Å²) in [6.45, 7) is 10.9. The highest BCUT2D eigenvalue weighted by molar-refractivity contribution is 14.0. The first-order valence-corrected chi connectivity index (χ1v) is 11.3. The maximum Gasteiger partial charge on any atom is 0.248 e. The third-order valence-electron chi connectivity index (χ3n) is 4.90. The monoisotopic (exact) mass is 548 g/mol. The van der Waals surface area contributed by atoms with E-state index >= 15 is 0 Å². The number of nitrogens with one attached hydrogen (secondary N) is 2. The van der Waals surface area contributed by atoms with Crippen LogP contribution >= 0.6 is 35.3 Å². The summed E-state index contributed by atoms with van der Waals surface area (Å²) < 4.78 is 10.8. The number of hydrogen-bond acceptors (Lipinski definition) is 7. The van der Waals surface area contributed by atoms with Gasteiger partial charge in [-0.2, -0.15) is 16.3 Å². The highest BCUT2D eigenvalue weighted by atomic mass is 127. The van der Waals surface area contributed by atoms with Crippen molar-refractivity contribution in [2.75, 3.05) is 26.2 Å². The molecular weight excluding hydrogens is 515 g/mol. The van der Waals surface area contributed by atoms with E-state index in [1.807, 2.05) is 13.8 Å². The Balaban J connectivity index is 0.00000320. The van der Waals surface area contributed by atoms with E-state index in [4.69, 9.17) is 9.26 Å². The van der Waals surface area contributed by atoms with Crippen LogP contribution in [0.4, 0.5) is 0 Å². The molecule has 1 saturated heterocycles. The van der Waals surface area contributed by atoms with Crippen LogP contribution in [-0.2, 0) is 17.8 Å². The summed E-state index contributed by atoms with van der Waals surface area (Å²) in [4.78, 5) is 11.5. The Bertz CT molecular complexity index is 746. The van der Waals surface area contributed by atoms with Crippen LogP contribution < -0.4 is 10.6 Å². The van der Waals surface area contributed by atoms with Crippen LogP contribution in [0.25, 0.3) is 0 Å². The van der Waals surface area contributed by atoms with Gasteiger partial charge in [0.15, 0.2) is 11.8 Å². The van der Waals surface area contributed by atoms with E-state index in [9.17, 15) is 0 Å². The van der Waals surface area contributed by atoms with Gasteiger partial charge >= 0.3 is 0 Å². The van der Waals surface area contributed by atoms with E-state index < -0.39 is 0 Å². The molecule has 2 N–H and O–H groups in total. The second-order valence-electron chi connectivity index (χ2n) is 7.17. The number of guanidine groups is 1. The predicted octanol–water partition coefficient (Wildman–Crippen LogP) is 3.57. The van der Waals surface area contributed by atoms with Gasteiger partial charge in [0, 0.05) is 38.8 Å². The van der Waals surface area contributed by atoms with Crippen molar-refractivity contribution in [1.82, 2.24) is 25.7 Å². The summed E-state index contributed by atoms with van der Waals surface area (Å²) in [6, 6.07) is 2.63. The summed E-state index contributed by atoms with van der Waals surface area (Å²) >= 11 is 1.76. The largest absolute Gasteiger partial charge is 0.371 e. The fraction of sp³-hybridized carbons (Fsp3) is 0.650. The number of rotatable bonds is 9. The summed E-state index contributed by atoms with van der Waals surface area (Å²) in [7, 11) is 0. The van der Waals surface area contributed by atoms with Gasteiger partial charge in [0.05, 0.1) is 0 Å². The smallest absolute Gasteiger partial charge is 0.248 e. The molecule has 0 saturated carbocycles. The summed E-state index contributed by atoms with van der Waals surface area (Å²) in [6.07, 6.45) is 2.03. The average Bonchev–Trinajstić information content (AvgIpc) is 3.40. The molecule has 1 atom stereocenters. The van der Waals surface area contributed by atoms with Crippen molar-refractivity contribution in [3.8, 4) is 0 Å². The Hall–Kier alpha value is -1.24. The summed E-state index contributed by atoms with van der Waals surface area (Å²) in [5.41, 5.74) is 1.41. The molecule has 168 valence electrons. The molecule has 1 fully saturated rings. The first-order valence-electron chi connectivity index (χ1n) is 10.4. The number of nitrogens with zero attached hydrogens (tertiary/aromatic N) is 4. The van der Waals surface area contributed by atoms with Crippen molar-refractivity contribution in [3.63, 3.8) is 0 Å². The standard InChI is InChI=1S/C20H32N6O2S.HI/c1-4-21-20(22-12-18-24-19(25-28-18)15(3)27-5-2)23-17-6-9-26(10-7-17)13-16-8-11-29-14-16;/h8,11,14-15,17H,4-7,9-10,12-13H2,1-3H3,(H2,21,22,23);1H. The number of hydrogen-bond donors (Lipinski definition) is 2. The number of halogens is 1. The van der Waals surface area contributed by atoms with Gasteiger partial charge in [0.2, 0.25) is 5.89 Å². The highest BCUT2D eigenvalue weighted by Crippen LogP contribution is 2.16. The molecule has 1 aliphatic heterocycles. The third kappa shape index (κ3) is 7.78. The van der Waals surface area contributed by atoms with Gasteiger partial charge in [-0.3, -0.25) is 4.90 Å². The zero-order chi connectivity index (χ0) is 20.5. The van der Waals surface area contributed by atoms with Crippen molar-refractivity contribution in [1.29, 1.82) is 0 Å². The van der Waals surface area contributed by atoms with Crippen LogP contribution in [0.2, 0.25) is 0 Å². The van der Waals surface area contributed by atoms with Crippen LogP contribution in [0.15, 0.2) is 26.3 Å². The Labute approximate surface area is 199 Å². The van der Waals surface area contributed by atoms with Crippen molar-refractivity contribution in [3.05, 3.63) is 34.1 Å². The molecule has 2 aromatic rings. The number of piperidine rings is 1. The fourth-order valence-electron chi connectivity index (χ4n) is 3.36. The quantitative estimate of drug-likeness (QED) is 0.282. The van der Waals surface area contributed by atoms with Gasteiger partial charge < -0.3 is 19.9 Å². The molecule has 0 radical (unpaired) electrons. The minimum atomic E-state index is -0.174. The van der Waals surface area contributed by atoms with Crippen LogP contribution in [0.5, 0.6) is 0 Å². The van der Waals surface area contributed by atoms with Gasteiger partial charge in [-0.05, 0) is 56.0 Å². The first-order chi connectivity index (χ1) is 14.2. The van der Waals surface area contributed by atoms with E-state index in [0.29, 0.717) is 30.9 Å². The van der Waals surface area contributed by atoms with Gasteiger partial charge in [-0.25, -0.2) is 4.99 Å². The number of aromatic nitrogens is 2. The Morgan fingerprint density at radius 1 is 1.40 bits per heavy atom. The number of aliphatic imine (C=N–C) groups is 1. The zero-order valence-corrected chi connectivity index (χ0v) is 21.1. The van der Waals surface area contributed by atoms with Crippen molar-refractivity contribution in [2.45, 2.75) is 58.8 Å². The summed E-state index contributed by atoms with van der Waals surface area (Å²) in [5.74, 6) is 1.85. The predicted molar refractivity (Wildman–Crippen MR) is 130 cm³/mol. The van der Waals surface area contributed by atoms with E-state index in [1.165, 1.54) is 5.56 Å². The first kappa shape index (κ1) is 25.0. The second-order valence-corrected chi connectivity index (χ2v) is 7.95. The van der Waals surface area contributed by atoms with Crippen LogP contribution in [-0.4, -0.2) is 53.3 Å². The SMILES string of the molecule is CCNC(=NCc1nc(C(C)OCC)no1)NC1CCN(Cc2ccsc2)CC1.I. The Kier molecular flexibility index (Phi) is 11.0. The molecule has 1 aliphatic rings. The molecule has 0 bridgehead atoms. The zero-order valence-electron chi connectivity index (χ0n) is 18.0. The Morgan fingerprint density at radius 3 is 2.87 bits per heavy atom. The lowest BCUT2D eigenvalue weighted by Crippen LogP contribution is -2.48. The van der Waals surface area contributed by atoms with Gasteiger partial charge in [-0.1, -0.05) is 5.16 Å². The van der Waals surface area contributed by atoms with Crippen molar-refractivity contribution < 1.29 is 9.26 Å². The maximum absolute atomic E-state index is 5.50. The van der Waals surface area contributed by atoms with Crippen LogP contribution in [0.3, 0.4) is 0 Å². The minimum absolute atomic E-state index is 0. The van der Waals surface area contributed by atoms with E-state index in [1.54, 1.807) is 11.3 Å². The van der Waals surface area contributed by atoms with Gasteiger partial charge in [0.1, 0.15) is 12.6 Å². The number of ether oxygens (including phenoxy) is 1. The lowest BCUT2D eigenvalue weighted by molar-refractivity contribution is 0.0683. The van der Waals surface area contributed by atoms with Crippen LogP contribution in [0.1, 0.15) is 57.0 Å². The average molecular weight is 548 g/mol. The Morgan fingerprint density at radius 2 is 2.20 bits per heavy atom. The van der Waals surface area contributed by atoms with Crippen molar-refractivity contribution >= 4 is 41.3 Å². The molecule has 10 heteroatoms. The highest BCUT2D eigenvalue weighted by Gasteiger charge is 2.20. The van der Waals surface area contributed by atoms with Gasteiger partial charge in [-0.15, -0.1) is 24.0 Å². The van der Waals surface area contributed by atoms with Crippen LogP contribution in [0, 0.1) is 0 Å². The lowest BCUT2D eigenvalue weighted by atomic mass is 10.0. The van der Waals surface area contributed by atoms with Crippen molar-refractivity contribution in [2.24, 2.45) is 4.99 Å². The van der Waals surface area contributed by atoms with E-state index in [2.05, 4.69) is 54.4 Å². The van der Waals surface area contributed by atoms with E-state index in [0.717, 1.165) is 45.0 Å². The molecule has 2 aromatic heterocycles. The minimum Gasteiger partial charge on any atom is -0.371 e. The molecule has 0 aromatic carbocycles. The molecule has 30 heavy (non-hydrogen) atoms. The topological polar surface area (TPSA) is 87.8 Å². The molecule has 0 amide bonds. The maximum atomic E-state index is 5.50. The number of thiophene rings is 1. The molecule has 3 rings (SSSR count). The molecule has 0 aliphatic carbocycles. The molecule has 0 spiro atoms. The third-order valence-corrected chi connectivity index (χ3v) is 5.63. The van der Waals surface area contributed by atoms with Gasteiger partial charge in [0.25, 0.3) is 0 Å².